The van der Waals surface area contributed by atoms with Crippen molar-refractivity contribution in [3.63, 3.8) is 0 Å². The molecule has 0 bridgehead atoms. The summed E-state index contributed by atoms with van der Waals surface area (Å²) in [5.74, 6) is 0.755. The van der Waals surface area contributed by atoms with Crippen LogP contribution in [0, 0.1) is 0 Å². The molecule has 0 radical (unpaired) electrons. The summed E-state index contributed by atoms with van der Waals surface area (Å²) in [6.07, 6.45) is 13.4. The van der Waals surface area contributed by atoms with Gasteiger partial charge in [0.15, 0.2) is 0 Å². The summed E-state index contributed by atoms with van der Waals surface area (Å²) in [5.41, 5.74) is 5.19. The fourth-order valence-electron chi connectivity index (χ4n) is 3.91. The van der Waals surface area contributed by atoms with Gasteiger partial charge in [-0.25, -0.2) is 9.97 Å². The van der Waals surface area contributed by atoms with Crippen LogP contribution in [0.15, 0.2) is 61.2 Å². The van der Waals surface area contributed by atoms with Crippen molar-refractivity contribution in [2.45, 2.75) is 45.1 Å². The number of unbranched alkanes of at least 4 members (excludes halogenated alkanes) is 1. The molecule has 1 amide bonds. The molecule has 34 heavy (non-hydrogen) atoms. The van der Waals surface area contributed by atoms with Gasteiger partial charge in [0, 0.05) is 30.8 Å². The van der Waals surface area contributed by atoms with Gasteiger partial charge >= 0.3 is 0 Å². The predicted molar refractivity (Wildman–Crippen MR) is 132 cm³/mol. The zero-order valence-corrected chi connectivity index (χ0v) is 19.3. The van der Waals surface area contributed by atoms with Crippen molar-refractivity contribution in [1.29, 1.82) is 0 Å². The van der Waals surface area contributed by atoms with Crippen LogP contribution in [-0.4, -0.2) is 43.9 Å². The van der Waals surface area contributed by atoms with E-state index in [4.69, 9.17) is 0 Å². The lowest BCUT2D eigenvalue weighted by Gasteiger charge is -2.12. The number of benzene rings is 1. The summed E-state index contributed by atoms with van der Waals surface area (Å²) >= 11 is 0. The van der Waals surface area contributed by atoms with Gasteiger partial charge in [-0.3, -0.25) is 14.8 Å². The minimum atomic E-state index is -0.182. The number of nitrogens with one attached hydrogen (secondary N) is 3. The van der Waals surface area contributed by atoms with Crippen LogP contribution in [0.3, 0.4) is 0 Å². The number of hydrogen-bond donors (Lipinski definition) is 3. The number of hydrogen-bond acceptors (Lipinski definition) is 6. The first-order valence-electron chi connectivity index (χ1n) is 11.9. The van der Waals surface area contributed by atoms with Crippen LogP contribution in [-0.2, 0) is 19.4 Å². The molecule has 1 aromatic carbocycles. The number of carbonyl (C=O) groups is 1. The average Bonchev–Trinajstić information content (AvgIpc) is 3.32. The summed E-state index contributed by atoms with van der Waals surface area (Å²) in [4.78, 5) is 31.7. The van der Waals surface area contributed by atoms with Gasteiger partial charge in [-0.05, 0) is 68.8 Å². The fraction of sp³-hybridized carbons (Fsp3) is 0.346. The minimum absolute atomic E-state index is 0.182. The first-order valence-corrected chi connectivity index (χ1v) is 11.9. The molecule has 3 aromatic heterocycles. The molecule has 0 spiro atoms. The Morgan fingerprint density at radius 2 is 1.82 bits per heavy atom. The van der Waals surface area contributed by atoms with Gasteiger partial charge in [-0.1, -0.05) is 18.2 Å². The van der Waals surface area contributed by atoms with E-state index >= 15 is 0 Å². The molecule has 1 aliphatic rings. The standard InChI is InChI=1S/C17H20N6O.C9H11N/c24-17(15-11-19-9-10-20-15)21-8-4-3-7-18-12-16-22-13-5-1-2-6-14(13)23-16;1-2-6-9-8(4-1)5-3-7-10-9/h1-2,5-6,9-11,18H,3-4,7-8,12H2,(H,21,24)(H,22,23);3,5,7H,1-2,4,6H2. The maximum Gasteiger partial charge on any atom is 0.271 e. The van der Waals surface area contributed by atoms with Gasteiger partial charge in [0.1, 0.15) is 11.5 Å². The molecule has 3 N–H and O–H groups in total. The number of amides is 1. The van der Waals surface area contributed by atoms with E-state index in [1.165, 1.54) is 49.3 Å². The predicted octanol–water partition coefficient (Wildman–Crippen LogP) is 3.61. The van der Waals surface area contributed by atoms with E-state index in [1.807, 2.05) is 36.5 Å². The Balaban J connectivity index is 0.000000226. The first-order chi connectivity index (χ1) is 16.8. The van der Waals surface area contributed by atoms with Crippen LogP contribution in [0.2, 0.25) is 0 Å². The van der Waals surface area contributed by atoms with Crippen molar-refractivity contribution < 1.29 is 4.79 Å². The van der Waals surface area contributed by atoms with Crippen molar-refractivity contribution in [3.8, 4) is 0 Å². The largest absolute Gasteiger partial charge is 0.351 e. The van der Waals surface area contributed by atoms with Gasteiger partial charge < -0.3 is 15.6 Å². The molecule has 1 aliphatic carbocycles. The normalized spacial score (nSPS) is 12.5. The third-order valence-electron chi connectivity index (χ3n) is 5.69. The van der Waals surface area contributed by atoms with E-state index in [0.717, 1.165) is 36.2 Å². The second-order valence-corrected chi connectivity index (χ2v) is 8.25. The Bertz CT molecular complexity index is 1120. The van der Waals surface area contributed by atoms with Gasteiger partial charge in [0.25, 0.3) is 5.91 Å². The molecule has 3 heterocycles. The lowest BCUT2D eigenvalue weighted by molar-refractivity contribution is 0.0947. The fourth-order valence-corrected chi connectivity index (χ4v) is 3.91. The molecular formula is C26H31N7O. The van der Waals surface area contributed by atoms with E-state index < -0.39 is 0 Å². The smallest absolute Gasteiger partial charge is 0.271 e. The highest BCUT2D eigenvalue weighted by atomic mass is 16.1. The van der Waals surface area contributed by atoms with Crippen LogP contribution >= 0.6 is 0 Å². The second-order valence-electron chi connectivity index (χ2n) is 8.25. The number of nitrogens with zero attached hydrogens (tertiary/aromatic N) is 4. The van der Waals surface area contributed by atoms with Crippen LogP contribution in [0.4, 0.5) is 0 Å². The van der Waals surface area contributed by atoms with E-state index in [-0.39, 0.29) is 5.91 Å². The Morgan fingerprint density at radius 3 is 2.68 bits per heavy atom. The number of H-pyrrole nitrogens is 1. The third-order valence-corrected chi connectivity index (χ3v) is 5.69. The zero-order chi connectivity index (χ0) is 23.4. The van der Waals surface area contributed by atoms with Gasteiger partial charge in [0.2, 0.25) is 0 Å². The molecule has 0 fully saturated rings. The number of imidazole rings is 1. The molecule has 0 atom stereocenters. The zero-order valence-electron chi connectivity index (χ0n) is 19.3. The van der Waals surface area contributed by atoms with E-state index in [0.29, 0.717) is 18.8 Å². The number of fused-ring (bicyclic) bond motifs is 2. The maximum absolute atomic E-state index is 11.8. The Hall–Kier alpha value is -3.65. The Morgan fingerprint density at radius 1 is 0.941 bits per heavy atom. The highest BCUT2D eigenvalue weighted by Crippen LogP contribution is 2.17. The topological polar surface area (TPSA) is 108 Å². The van der Waals surface area contributed by atoms with Crippen molar-refractivity contribution in [2.24, 2.45) is 0 Å². The van der Waals surface area contributed by atoms with Gasteiger partial charge in [-0.15, -0.1) is 0 Å². The molecule has 0 unspecified atom stereocenters. The van der Waals surface area contributed by atoms with E-state index in [1.54, 1.807) is 6.20 Å². The molecule has 5 rings (SSSR count). The summed E-state index contributed by atoms with van der Waals surface area (Å²) in [7, 11) is 0. The molecular weight excluding hydrogens is 426 g/mol. The molecule has 0 aliphatic heterocycles. The average molecular weight is 458 g/mol. The molecule has 8 heteroatoms. The first kappa shape index (κ1) is 23.5. The molecule has 176 valence electrons. The number of aromatic nitrogens is 5. The summed E-state index contributed by atoms with van der Waals surface area (Å²) < 4.78 is 0. The van der Waals surface area contributed by atoms with E-state index in [9.17, 15) is 4.79 Å². The molecule has 0 saturated heterocycles. The summed E-state index contributed by atoms with van der Waals surface area (Å²) in [6, 6.07) is 12.2. The maximum atomic E-state index is 11.8. The number of rotatable bonds is 8. The van der Waals surface area contributed by atoms with Crippen LogP contribution in [0.25, 0.3) is 11.0 Å². The van der Waals surface area contributed by atoms with Crippen LogP contribution < -0.4 is 10.6 Å². The van der Waals surface area contributed by atoms with E-state index in [2.05, 4.69) is 41.6 Å². The van der Waals surface area contributed by atoms with Crippen LogP contribution in [0.5, 0.6) is 0 Å². The van der Waals surface area contributed by atoms with Crippen molar-refractivity contribution in [3.05, 3.63) is 84.0 Å². The lowest BCUT2D eigenvalue weighted by atomic mass is 9.96. The quantitative estimate of drug-likeness (QED) is 0.349. The third kappa shape index (κ3) is 6.92. The molecule has 4 aromatic rings. The Kier molecular flexibility index (Phi) is 8.68. The monoisotopic (exact) mass is 457 g/mol. The number of para-hydroxylation sites is 2. The highest BCUT2D eigenvalue weighted by Gasteiger charge is 2.08. The van der Waals surface area contributed by atoms with Gasteiger partial charge in [0.05, 0.1) is 23.8 Å². The minimum Gasteiger partial charge on any atom is -0.351 e. The highest BCUT2D eigenvalue weighted by molar-refractivity contribution is 5.91. The lowest BCUT2D eigenvalue weighted by Crippen LogP contribution is -2.26. The number of carbonyl (C=O) groups excluding carboxylic acids is 1. The van der Waals surface area contributed by atoms with Crippen molar-refractivity contribution in [2.75, 3.05) is 13.1 Å². The molecule has 8 nitrogen and oxygen atoms in total. The van der Waals surface area contributed by atoms with Gasteiger partial charge in [-0.2, -0.15) is 0 Å². The number of pyridine rings is 1. The van der Waals surface area contributed by atoms with Crippen molar-refractivity contribution >= 4 is 16.9 Å². The SMILES string of the molecule is O=C(NCCCCNCc1nc2ccccc2[nH]1)c1cnccn1.c1cnc2c(c1)CCCC2. The number of aryl methyl sites for hydroxylation is 2. The summed E-state index contributed by atoms with van der Waals surface area (Å²) in [5, 5.41) is 6.19. The second kappa shape index (κ2) is 12.6. The Labute approximate surface area is 199 Å². The number of aromatic amines is 1. The molecule has 0 saturated carbocycles. The van der Waals surface area contributed by atoms with Crippen molar-refractivity contribution in [1.82, 2.24) is 35.6 Å². The van der Waals surface area contributed by atoms with Crippen LogP contribution in [0.1, 0.15) is 53.3 Å². The summed E-state index contributed by atoms with van der Waals surface area (Å²) in [6.45, 7) is 2.21.